The normalized spacial score (nSPS) is 22.6. The Morgan fingerprint density at radius 1 is 1.10 bits per heavy atom. The molecule has 1 saturated carbocycles. The van der Waals surface area contributed by atoms with Gasteiger partial charge in [-0.2, -0.15) is 10.1 Å². The summed E-state index contributed by atoms with van der Waals surface area (Å²) in [4.78, 5) is 6.92. The highest BCUT2D eigenvalue weighted by Crippen LogP contribution is 2.40. The fraction of sp³-hybridized carbons (Fsp3) is 0.429. The Morgan fingerprint density at radius 3 is 2.58 bits per heavy atom. The second-order valence-electron chi connectivity index (χ2n) is 8.32. The molecule has 8 nitrogen and oxygen atoms in total. The lowest BCUT2D eigenvalue weighted by molar-refractivity contribution is 0.376. The van der Waals surface area contributed by atoms with E-state index in [0.717, 1.165) is 24.3 Å². The first-order chi connectivity index (χ1) is 14.9. The van der Waals surface area contributed by atoms with Crippen LogP contribution in [0.25, 0.3) is 0 Å². The molecule has 1 aliphatic heterocycles. The molecule has 2 aromatic heterocycles. The number of aromatic nitrogens is 5. The number of piperidine rings is 1. The molecule has 0 radical (unpaired) electrons. The molecule has 1 saturated heterocycles. The van der Waals surface area contributed by atoms with Crippen molar-refractivity contribution in [2.45, 2.75) is 25.8 Å². The standard InChI is InChI=1S/C21H23Cl2N7O/c1-12-5-15(22)7-17(6-12)31-21-26-20(28-29(21)2)25-19-13-3-4-14(19)11-30(10-13)16-8-18(23)27-24-9-16/h5-9,13-14,19H,3-4,10-11H2,1-2H3,(H,25,28)/t13-,14+,19+. The molecule has 2 fully saturated rings. The summed E-state index contributed by atoms with van der Waals surface area (Å²) in [6.45, 7) is 3.85. The molecule has 162 valence electrons. The predicted molar refractivity (Wildman–Crippen MR) is 120 cm³/mol. The fourth-order valence-corrected chi connectivity index (χ4v) is 5.14. The van der Waals surface area contributed by atoms with E-state index in [9.17, 15) is 0 Å². The van der Waals surface area contributed by atoms with Crippen LogP contribution in [0.15, 0.2) is 30.5 Å². The molecule has 3 aromatic rings. The quantitative estimate of drug-likeness (QED) is 0.607. The van der Waals surface area contributed by atoms with Gasteiger partial charge >= 0.3 is 6.01 Å². The minimum Gasteiger partial charge on any atom is -0.424 e. The molecule has 0 amide bonds. The number of aryl methyl sites for hydroxylation is 2. The first-order valence-electron chi connectivity index (χ1n) is 10.3. The maximum Gasteiger partial charge on any atom is 0.321 e. The smallest absolute Gasteiger partial charge is 0.321 e. The van der Waals surface area contributed by atoms with Crippen molar-refractivity contribution in [3.63, 3.8) is 0 Å². The Morgan fingerprint density at radius 2 is 1.87 bits per heavy atom. The van der Waals surface area contributed by atoms with Gasteiger partial charge in [0.05, 0.1) is 11.9 Å². The van der Waals surface area contributed by atoms with Crippen molar-refractivity contribution in [1.82, 2.24) is 25.0 Å². The number of halogens is 2. The average molecular weight is 460 g/mol. The molecule has 2 aliphatic rings. The minimum atomic E-state index is 0.324. The van der Waals surface area contributed by atoms with Crippen LogP contribution in [-0.4, -0.2) is 44.1 Å². The topological polar surface area (TPSA) is 81.0 Å². The first-order valence-corrected chi connectivity index (χ1v) is 11.1. The molecule has 3 atom stereocenters. The molecule has 10 heteroatoms. The van der Waals surface area contributed by atoms with Crippen molar-refractivity contribution in [1.29, 1.82) is 0 Å². The summed E-state index contributed by atoms with van der Waals surface area (Å²) in [5.41, 5.74) is 2.05. The van der Waals surface area contributed by atoms with Crippen LogP contribution < -0.4 is 15.0 Å². The van der Waals surface area contributed by atoms with E-state index in [4.69, 9.17) is 27.9 Å². The summed E-state index contributed by atoms with van der Waals surface area (Å²) in [5.74, 6) is 2.22. The SMILES string of the molecule is Cc1cc(Cl)cc(Oc2nc(N[C@H]3[C@@H]4CC[C@H]3CN(c3cnnc(Cl)c3)C4)nn2C)c1. The lowest BCUT2D eigenvalue weighted by Crippen LogP contribution is -2.48. The van der Waals surface area contributed by atoms with E-state index in [2.05, 4.69) is 30.5 Å². The van der Waals surface area contributed by atoms with E-state index in [1.165, 1.54) is 12.8 Å². The van der Waals surface area contributed by atoms with Crippen LogP contribution in [0.5, 0.6) is 11.8 Å². The highest BCUT2D eigenvalue weighted by molar-refractivity contribution is 6.30. The van der Waals surface area contributed by atoms with E-state index in [1.807, 2.05) is 32.2 Å². The van der Waals surface area contributed by atoms with E-state index in [1.54, 1.807) is 16.9 Å². The fourth-order valence-electron chi connectivity index (χ4n) is 4.71. The first kappa shape index (κ1) is 20.3. The third kappa shape index (κ3) is 4.27. The Hall–Kier alpha value is -2.58. The van der Waals surface area contributed by atoms with E-state index < -0.39 is 0 Å². The number of ether oxygens (including phenoxy) is 1. The zero-order valence-corrected chi connectivity index (χ0v) is 18.8. The van der Waals surface area contributed by atoms with Crippen molar-refractivity contribution >= 4 is 34.8 Å². The van der Waals surface area contributed by atoms with Crippen LogP contribution in [0.4, 0.5) is 11.6 Å². The van der Waals surface area contributed by atoms with E-state index >= 15 is 0 Å². The van der Waals surface area contributed by atoms with Crippen LogP contribution in [0.1, 0.15) is 18.4 Å². The van der Waals surface area contributed by atoms with Crippen LogP contribution in [-0.2, 0) is 7.05 Å². The summed E-state index contributed by atoms with van der Waals surface area (Å²) in [5, 5.41) is 17.0. The third-order valence-electron chi connectivity index (χ3n) is 6.05. The third-order valence-corrected chi connectivity index (χ3v) is 6.46. The molecule has 0 spiro atoms. The largest absolute Gasteiger partial charge is 0.424 e. The molecule has 1 aliphatic carbocycles. The maximum absolute atomic E-state index is 6.14. The highest BCUT2D eigenvalue weighted by atomic mass is 35.5. The summed E-state index contributed by atoms with van der Waals surface area (Å²) < 4.78 is 7.57. The monoisotopic (exact) mass is 459 g/mol. The molecular formula is C21H23Cl2N7O. The van der Waals surface area contributed by atoms with Crippen LogP contribution >= 0.6 is 23.2 Å². The van der Waals surface area contributed by atoms with Gasteiger partial charge < -0.3 is 15.0 Å². The van der Waals surface area contributed by atoms with Gasteiger partial charge in [0.1, 0.15) is 5.75 Å². The maximum atomic E-state index is 6.14. The lowest BCUT2D eigenvalue weighted by atomic mass is 9.92. The molecule has 3 heterocycles. The van der Waals surface area contributed by atoms with Crippen LogP contribution in [0.3, 0.4) is 0 Å². The van der Waals surface area contributed by atoms with Gasteiger partial charge in [-0.05, 0) is 55.4 Å². The van der Waals surface area contributed by atoms with Gasteiger partial charge in [0, 0.05) is 37.3 Å². The van der Waals surface area contributed by atoms with Crippen LogP contribution in [0, 0.1) is 18.8 Å². The van der Waals surface area contributed by atoms with Crippen molar-refractivity contribution in [2.24, 2.45) is 18.9 Å². The second kappa shape index (κ2) is 8.16. The van der Waals surface area contributed by atoms with Gasteiger partial charge in [-0.3, -0.25) is 0 Å². The van der Waals surface area contributed by atoms with Crippen molar-refractivity contribution in [2.75, 3.05) is 23.3 Å². The number of nitrogens with one attached hydrogen (secondary N) is 1. The summed E-state index contributed by atoms with van der Waals surface area (Å²) in [6.07, 6.45) is 4.12. The van der Waals surface area contributed by atoms with Crippen molar-refractivity contribution in [3.05, 3.63) is 46.2 Å². The summed E-state index contributed by atoms with van der Waals surface area (Å²) >= 11 is 12.2. The molecule has 2 bridgehead atoms. The van der Waals surface area contributed by atoms with Crippen molar-refractivity contribution < 1.29 is 4.74 Å². The number of rotatable bonds is 5. The van der Waals surface area contributed by atoms with Gasteiger partial charge in [0.15, 0.2) is 5.15 Å². The van der Waals surface area contributed by atoms with Gasteiger partial charge in [0.25, 0.3) is 0 Å². The van der Waals surface area contributed by atoms with Crippen molar-refractivity contribution in [3.8, 4) is 11.8 Å². The molecule has 0 unspecified atom stereocenters. The van der Waals surface area contributed by atoms with E-state index in [-0.39, 0.29) is 0 Å². The van der Waals surface area contributed by atoms with Gasteiger partial charge in [-0.25, -0.2) is 4.68 Å². The summed E-state index contributed by atoms with van der Waals surface area (Å²) in [6, 6.07) is 8.20. The Balaban J connectivity index is 1.28. The van der Waals surface area contributed by atoms with Gasteiger partial charge in [-0.1, -0.05) is 23.2 Å². The summed E-state index contributed by atoms with van der Waals surface area (Å²) in [7, 11) is 1.82. The molecule has 31 heavy (non-hydrogen) atoms. The van der Waals surface area contributed by atoms with E-state index in [0.29, 0.717) is 45.8 Å². The number of hydrogen-bond donors (Lipinski definition) is 1. The Bertz CT molecular complexity index is 1070. The highest BCUT2D eigenvalue weighted by Gasteiger charge is 2.42. The number of anilines is 2. The Kier molecular flexibility index (Phi) is 5.35. The van der Waals surface area contributed by atoms with Crippen LogP contribution in [0.2, 0.25) is 10.2 Å². The second-order valence-corrected chi connectivity index (χ2v) is 9.14. The van der Waals surface area contributed by atoms with Gasteiger partial charge in [0.2, 0.25) is 5.95 Å². The average Bonchev–Trinajstić information content (AvgIpc) is 3.15. The molecule has 1 N–H and O–H groups in total. The number of nitrogens with zero attached hydrogens (tertiary/aromatic N) is 6. The predicted octanol–water partition coefficient (Wildman–Crippen LogP) is 4.34. The number of hydrogen-bond acceptors (Lipinski definition) is 7. The molecule has 1 aromatic carbocycles. The molecular weight excluding hydrogens is 437 g/mol. The van der Waals surface area contributed by atoms with Gasteiger partial charge in [-0.15, -0.1) is 10.2 Å². The molecule has 5 rings (SSSR count). The Labute approximate surface area is 190 Å². The minimum absolute atomic E-state index is 0.324. The number of benzene rings is 1. The lowest BCUT2D eigenvalue weighted by Gasteiger charge is -2.39. The number of fused-ring (bicyclic) bond motifs is 2. The zero-order chi connectivity index (χ0) is 21.5. The zero-order valence-electron chi connectivity index (χ0n) is 17.3.